The zero-order valence-electron chi connectivity index (χ0n) is 12.6. The first-order valence-electron chi connectivity index (χ1n) is 7.97. The van der Waals surface area contributed by atoms with Gasteiger partial charge >= 0.3 is 0 Å². The number of hydrogen-bond donors (Lipinski definition) is 1. The van der Waals surface area contributed by atoms with Crippen LogP contribution in [0.2, 0.25) is 0 Å². The molecule has 0 bridgehead atoms. The molecule has 2 heterocycles. The molecule has 110 valence electrons. The molecule has 0 saturated carbocycles. The summed E-state index contributed by atoms with van der Waals surface area (Å²) in [6.07, 6.45) is 4.83. The van der Waals surface area contributed by atoms with Gasteiger partial charge in [-0.2, -0.15) is 0 Å². The highest BCUT2D eigenvalue weighted by Gasteiger charge is 2.25. The van der Waals surface area contributed by atoms with Crippen LogP contribution in [0.3, 0.4) is 0 Å². The minimum Gasteiger partial charge on any atom is -0.486 e. The average Bonchev–Trinajstić information content (AvgIpc) is 2.50. The van der Waals surface area contributed by atoms with Crippen LogP contribution in [0.5, 0.6) is 11.5 Å². The van der Waals surface area contributed by atoms with Crippen LogP contribution in [0.25, 0.3) is 0 Å². The second-order valence-corrected chi connectivity index (χ2v) is 5.87. The first kappa shape index (κ1) is 13.7. The topological polar surface area (TPSA) is 30.5 Å². The van der Waals surface area contributed by atoms with Crippen molar-refractivity contribution in [3.63, 3.8) is 0 Å². The SMILES string of the molecule is CCC(CC)CC1NCCc2cc3c(cc21)OCCO3. The molecule has 3 rings (SSSR count). The van der Waals surface area contributed by atoms with Crippen molar-refractivity contribution < 1.29 is 9.47 Å². The molecule has 2 aliphatic rings. The van der Waals surface area contributed by atoms with Gasteiger partial charge in [-0.3, -0.25) is 0 Å². The molecular weight excluding hydrogens is 250 g/mol. The minimum absolute atomic E-state index is 0.472. The van der Waals surface area contributed by atoms with E-state index in [0.717, 1.165) is 30.4 Å². The lowest BCUT2D eigenvalue weighted by Gasteiger charge is -2.31. The van der Waals surface area contributed by atoms with Crippen molar-refractivity contribution in [2.45, 2.75) is 45.6 Å². The standard InChI is InChI=1S/C17H25NO2/c1-3-12(4-2)9-15-14-11-17-16(19-7-8-20-17)10-13(14)5-6-18-15/h10-12,15,18H,3-9H2,1-2H3. The van der Waals surface area contributed by atoms with Gasteiger partial charge in [0.15, 0.2) is 11.5 Å². The number of fused-ring (bicyclic) bond motifs is 2. The largest absolute Gasteiger partial charge is 0.486 e. The molecular formula is C17H25NO2. The second-order valence-electron chi connectivity index (χ2n) is 5.87. The van der Waals surface area contributed by atoms with Gasteiger partial charge in [0.05, 0.1) is 0 Å². The van der Waals surface area contributed by atoms with E-state index in [0.29, 0.717) is 19.3 Å². The number of nitrogens with one attached hydrogen (secondary N) is 1. The molecule has 0 aliphatic carbocycles. The van der Waals surface area contributed by atoms with Crippen molar-refractivity contribution in [2.75, 3.05) is 19.8 Å². The van der Waals surface area contributed by atoms with Crippen LogP contribution in [-0.2, 0) is 6.42 Å². The van der Waals surface area contributed by atoms with Crippen LogP contribution >= 0.6 is 0 Å². The summed E-state index contributed by atoms with van der Waals surface area (Å²) in [4.78, 5) is 0. The van der Waals surface area contributed by atoms with Crippen LogP contribution in [0.1, 0.15) is 50.3 Å². The van der Waals surface area contributed by atoms with E-state index in [-0.39, 0.29) is 0 Å². The normalized spacial score (nSPS) is 20.9. The second kappa shape index (κ2) is 6.04. The van der Waals surface area contributed by atoms with Gasteiger partial charge in [-0.15, -0.1) is 0 Å². The van der Waals surface area contributed by atoms with Crippen molar-refractivity contribution >= 4 is 0 Å². The summed E-state index contributed by atoms with van der Waals surface area (Å²) in [5.74, 6) is 2.65. The third-order valence-electron chi connectivity index (χ3n) is 4.69. The van der Waals surface area contributed by atoms with E-state index in [1.807, 2.05) is 0 Å². The summed E-state index contributed by atoms with van der Waals surface area (Å²) in [7, 11) is 0. The summed E-state index contributed by atoms with van der Waals surface area (Å²) in [5, 5.41) is 3.68. The van der Waals surface area contributed by atoms with Gasteiger partial charge in [0.2, 0.25) is 0 Å². The van der Waals surface area contributed by atoms with Gasteiger partial charge in [-0.25, -0.2) is 0 Å². The number of benzene rings is 1. The van der Waals surface area contributed by atoms with Crippen molar-refractivity contribution in [1.29, 1.82) is 0 Å². The highest BCUT2D eigenvalue weighted by molar-refractivity contribution is 5.50. The molecule has 1 N–H and O–H groups in total. The van der Waals surface area contributed by atoms with Gasteiger partial charge in [0.25, 0.3) is 0 Å². The fourth-order valence-electron chi connectivity index (χ4n) is 3.34. The lowest BCUT2D eigenvalue weighted by Crippen LogP contribution is -2.31. The maximum Gasteiger partial charge on any atom is 0.161 e. The molecule has 1 atom stereocenters. The summed E-state index contributed by atoms with van der Waals surface area (Å²) < 4.78 is 11.4. The highest BCUT2D eigenvalue weighted by atomic mass is 16.6. The molecule has 1 unspecified atom stereocenters. The Morgan fingerprint density at radius 1 is 1.15 bits per heavy atom. The molecule has 3 heteroatoms. The van der Waals surface area contributed by atoms with E-state index < -0.39 is 0 Å². The van der Waals surface area contributed by atoms with Gasteiger partial charge in [-0.05, 0) is 48.6 Å². The molecule has 2 aliphatic heterocycles. The quantitative estimate of drug-likeness (QED) is 0.912. The van der Waals surface area contributed by atoms with E-state index in [4.69, 9.17) is 9.47 Å². The van der Waals surface area contributed by atoms with Gasteiger partial charge in [0, 0.05) is 6.04 Å². The van der Waals surface area contributed by atoms with E-state index in [1.54, 1.807) is 0 Å². The molecule has 3 nitrogen and oxygen atoms in total. The molecule has 1 aromatic rings. The highest BCUT2D eigenvalue weighted by Crippen LogP contribution is 2.39. The Morgan fingerprint density at radius 3 is 2.55 bits per heavy atom. The summed E-state index contributed by atoms with van der Waals surface area (Å²) in [6.45, 7) is 6.98. The van der Waals surface area contributed by atoms with E-state index in [9.17, 15) is 0 Å². The average molecular weight is 275 g/mol. The van der Waals surface area contributed by atoms with Crippen LogP contribution in [0, 0.1) is 5.92 Å². The first-order valence-corrected chi connectivity index (χ1v) is 7.97. The molecule has 0 saturated heterocycles. The van der Waals surface area contributed by atoms with Crippen molar-refractivity contribution in [2.24, 2.45) is 5.92 Å². The molecule has 0 spiro atoms. The van der Waals surface area contributed by atoms with Crippen LogP contribution in [-0.4, -0.2) is 19.8 Å². The molecule has 0 aromatic heterocycles. The van der Waals surface area contributed by atoms with Gasteiger partial charge in [-0.1, -0.05) is 26.7 Å². The van der Waals surface area contributed by atoms with Crippen LogP contribution in [0.4, 0.5) is 0 Å². The fraction of sp³-hybridized carbons (Fsp3) is 0.647. The molecule has 0 amide bonds. The molecule has 20 heavy (non-hydrogen) atoms. The van der Waals surface area contributed by atoms with Crippen molar-refractivity contribution in [1.82, 2.24) is 5.32 Å². The minimum atomic E-state index is 0.472. The summed E-state index contributed by atoms with van der Waals surface area (Å²) in [6, 6.07) is 4.88. The number of rotatable bonds is 4. The zero-order valence-corrected chi connectivity index (χ0v) is 12.6. The van der Waals surface area contributed by atoms with Crippen LogP contribution in [0.15, 0.2) is 12.1 Å². The third-order valence-corrected chi connectivity index (χ3v) is 4.69. The Bertz CT molecular complexity index is 468. The van der Waals surface area contributed by atoms with E-state index in [1.165, 1.54) is 30.4 Å². The maximum atomic E-state index is 5.74. The predicted octanol–water partition coefficient (Wildman–Crippen LogP) is 3.47. The van der Waals surface area contributed by atoms with E-state index >= 15 is 0 Å². The fourth-order valence-corrected chi connectivity index (χ4v) is 3.34. The monoisotopic (exact) mass is 275 g/mol. The Hall–Kier alpha value is -1.22. The Morgan fingerprint density at radius 2 is 1.85 bits per heavy atom. The Balaban J connectivity index is 1.87. The first-order chi connectivity index (χ1) is 9.81. The van der Waals surface area contributed by atoms with Crippen molar-refractivity contribution in [3.05, 3.63) is 23.3 Å². The summed E-state index contributed by atoms with van der Waals surface area (Å²) in [5.41, 5.74) is 2.86. The maximum absolute atomic E-state index is 5.74. The molecule has 0 fully saturated rings. The van der Waals surface area contributed by atoms with E-state index in [2.05, 4.69) is 31.3 Å². The third kappa shape index (κ3) is 2.64. The Kier molecular flexibility index (Phi) is 4.16. The predicted molar refractivity (Wildman–Crippen MR) is 80.6 cm³/mol. The van der Waals surface area contributed by atoms with Crippen molar-refractivity contribution in [3.8, 4) is 11.5 Å². The lowest BCUT2D eigenvalue weighted by molar-refractivity contribution is 0.170. The number of ether oxygens (including phenoxy) is 2. The molecule has 1 aromatic carbocycles. The Labute approximate surface area is 121 Å². The number of hydrogen-bond acceptors (Lipinski definition) is 3. The van der Waals surface area contributed by atoms with Gasteiger partial charge < -0.3 is 14.8 Å². The zero-order chi connectivity index (χ0) is 13.9. The molecule has 0 radical (unpaired) electrons. The smallest absolute Gasteiger partial charge is 0.161 e. The van der Waals surface area contributed by atoms with Gasteiger partial charge in [0.1, 0.15) is 13.2 Å². The lowest BCUT2D eigenvalue weighted by atomic mass is 9.86. The van der Waals surface area contributed by atoms with Crippen LogP contribution < -0.4 is 14.8 Å². The summed E-state index contributed by atoms with van der Waals surface area (Å²) >= 11 is 0.